The van der Waals surface area contributed by atoms with Gasteiger partial charge in [0.15, 0.2) is 9.84 Å². The molecule has 0 saturated carbocycles. The number of halogens is 1. The topological polar surface area (TPSA) is 46.2 Å². The Morgan fingerprint density at radius 2 is 2.19 bits per heavy atom. The van der Waals surface area contributed by atoms with Crippen molar-refractivity contribution in [3.8, 4) is 0 Å². The average Bonchev–Trinajstić information content (AvgIpc) is 2.68. The summed E-state index contributed by atoms with van der Waals surface area (Å²) in [4.78, 5) is 0.363. The molecule has 1 aliphatic rings. The van der Waals surface area contributed by atoms with E-state index in [1.54, 1.807) is 6.07 Å². The lowest BCUT2D eigenvalue weighted by Gasteiger charge is -2.10. The maximum absolute atomic E-state index is 11.4. The van der Waals surface area contributed by atoms with Gasteiger partial charge in [-0.25, -0.2) is 8.42 Å². The summed E-state index contributed by atoms with van der Waals surface area (Å²) in [5.41, 5.74) is 1.20. The zero-order valence-corrected chi connectivity index (χ0v) is 11.4. The van der Waals surface area contributed by atoms with E-state index >= 15 is 0 Å². The predicted molar refractivity (Wildman–Crippen MR) is 67.5 cm³/mol. The molecule has 1 fully saturated rings. The van der Waals surface area contributed by atoms with Gasteiger partial charge in [-0.2, -0.15) is 0 Å². The summed E-state index contributed by atoms with van der Waals surface area (Å²) < 4.78 is 23.6. The lowest BCUT2D eigenvalue weighted by atomic mass is 9.99. The van der Waals surface area contributed by atoms with Crippen molar-refractivity contribution in [2.75, 3.05) is 19.3 Å². The first kappa shape index (κ1) is 12.1. The molecule has 0 spiro atoms. The Kier molecular flexibility index (Phi) is 3.37. The molecule has 1 unspecified atom stereocenters. The van der Waals surface area contributed by atoms with Gasteiger partial charge < -0.3 is 5.32 Å². The SMILES string of the molecule is CS(=O)(=O)c1ccc(C2CCNC2)cc1Br. The molecule has 1 aromatic carbocycles. The van der Waals surface area contributed by atoms with Crippen molar-refractivity contribution in [2.45, 2.75) is 17.2 Å². The van der Waals surface area contributed by atoms with Crippen LogP contribution in [0.2, 0.25) is 0 Å². The summed E-state index contributed by atoms with van der Waals surface area (Å²) in [6, 6.07) is 5.53. The Morgan fingerprint density at radius 3 is 2.69 bits per heavy atom. The first-order chi connectivity index (χ1) is 7.48. The van der Waals surface area contributed by atoms with E-state index in [9.17, 15) is 8.42 Å². The third kappa shape index (κ3) is 2.47. The predicted octanol–water partition coefficient (Wildman–Crippen LogP) is 1.93. The molecule has 3 nitrogen and oxygen atoms in total. The van der Waals surface area contributed by atoms with Gasteiger partial charge in [0.25, 0.3) is 0 Å². The Morgan fingerprint density at radius 1 is 1.44 bits per heavy atom. The van der Waals surface area contributed by atoms with Gasteiger partial charge in [-0.05, 0) is 52.5 Å². The smallest absolute Gasteiger partial charge is 0.176 e. The zero-order valence-electron chi connectivity index (χ0n) is 9.03. The minimum Gasteiger partial charge on any atom is -0.316 e. The van der Waals surface area contributed by atoms with Crippen molar-refractivity contribution in [1.29, 1.82) is 0 Å². The Labute approximate surface area is 104 Å². The third-order valence-electron chi connectivity index (χ3n) is 2.89. The second-order valence-corrected chi connectivity index (χ2v) is 6.99. The van der Waals surface area contributed by atoms with Crippen LogP contribution in [0, 0.1) is 0 Å². The van der Waals surface area contributed by atoms with Crippen LogP contribution in [0.1, 0.15) is 17.9 Å². The first-order valence-corrected chi connectivity index (χ1v) is 7.87. The van der Waals surface area contributed by atoms with E-state index in [0.717, 1.165) is 19.5 Å². The molecule has 1 heterocycles. The maximum atomic E-state index is 11.4. The van der Waals surface area contributed by atoms with Crippen LogP contribution in [0.15, 0.2) is 27.6 Å². The van der Waals surface area contributed by atoms with E-state index in [0.29, 0.717) is 15.3 Å². The minimum atomic E-state index is -3.14. The summed E-state index contributed by atoms with van der Waals surface area (Å²) in [5.74, 6) is 0.505. The summed E-state index contributed by atoms with van der Waals surface area (Å²) in [5, 5.41) is 3.30. The fourth-order valence-electron chi connectivity index (χ4n) is 2.01. The number of benzene rings is 1. The van der Waals surface area contributed by atoms with E-state index in [4.69, 9.17) is 0 Å². The molecule has 1 aromatic rings. The van der Waals surface area contributed by atoms with Crippen LogP contribution in [0.25, 0.3) is 0 Å². The van der Waals surface area contributed by atoms with Gasteiger partial charge in [0.05, 0.1) is 4.90 Å². The van der Waals surface area contributed by atoms with E-state index in [2.05, 4.69) is 21.2 Å². The number of hydrogen-bond acceptors (Lipinski definition) is 3. The van der Waals surface area contributed by atoms with Crippen molar-refractivity contribution in [3.05, 3.63) is 28.2 Å². The summed E-state index contributed by atoms with van der Waals surface area (Å²) in [7, 11) is -3.14. The number of rotatable bonds is 2. The van der Waals surface area contributed by atoms with E-state index in [1.807, 2.05) is 12.1 Å². The number of nitrogens with one attached hydrogen (secondary N) is 1. The summed E-state index contributed by atoms with van der Waals surface area (Å²) in [6.45, 7) is 2.01. The highest BCUT2D eigenvalue weighted by molar-refractivity contribution is 9.10. The Bertz CT molecular complexity index is 493. The Balaban J connectivity index is 2.36. The number of sulfone groups is 1. The fourth-order valence-corrected chi connectivity index (χ4v) is 4.02. The monoisotopic (exact) mass is 303 g/mol. The number of hydrogen-bond donors (Lipinski definition) is 1. The van der Waals surface area contributed by atoms with Crippen LogP contribution in [0.5, 0.6) is 0 Å². The molecule has 16 heavy (non-hydrogen) atoms. The molecule has 0 amide bonds. The summed E-state index contributed by atoms with van der Waals surface area (Å²) in [6.07, 6.45) is 2.34. The van der Waals surface area contributed by atoms with Gasteiger partial charge in [0.1, 0.15) is 0 Å². The molecule has 0 aromatic heterocycles. The molecular formula is C11H14BrNO2S. The van der Waals surface area contributed by atoms with E-state index < -0.39 is 9.84 Å². The zero-order chi connectivity index (χ0) is 11.8. The van der Waals surface area contributed by atoms with Gasteiger partial charge in [0.2, 0.25) is 0 Å². The highest BCUT2D eigenvalue weighted by atomic mass is 79.9. The molecule has 0 aliphatic carbocycles. The quantitative estimate of drug-likeness (QED) is 0.908. The normalized spacial score (nSPS) is 21.2. The molecule has 88 valence electrons. The van der Waals surface area contributed by atoms with Crippen molar-refractivity contribution in [2.24, 2.45) is 0 Å². The molecule has 5 heteroatoms. The van der Waals surface area contributed by atoms with Crippen LogP contribution in [-0.2, 0) is 9.84 Å². The molecule has 1 saturated heterocycles. The Hall–Kier alpha value is -0.390. The molecule has 1 aliphatic heterocycles. The average molecular weight is 304 g/mol. The van der Waals surface area contributed by atoms with Crippen LogP contribution in [0.4, 0.5) is 0 Å². The molecule has 0 bridgehead atoms. The van der Waals surface area contributed by atoms with Gasteiger partial charge >= 0.3 is 0 Å². The second kappa shape index (κ2) is 4.47. The van der Waals surface area contributed by atoms with Gasteiger partial charge in [0, 0.05) is 17.3 Å². The molecule has 0 radical (unpaired) electrons. The van der Waals surface area contributed by atoms with Crippen molar-refractivity contribution in [1.82, 2.24) is 5.32 Å². The van der Waals surface area contributed by atoms with E-state index in [1.165, 1.54) is 11.8 Å². The lowest BCUT2D eigenvalue weighted by Crippen LogP contribution is -2.08. The minimum absolute atomic E-state index is 0.363. The van der Waals surface area contributed by atoms with Crippen LogP contribution in [-0.4, -0.2) is 27.8 Å². The van der Waals surface area contributed by atoms with Gasteiger partial charge in [-0.15, -0.1) is 0 Å². The van der Waals surface area contributed by atoms with E-state index in [-0.39, 0.29) is 0 Å². The van der Waals surface area contributed by atoms with Crippen molar-refractivity contribution < 1.29 is 8.42 Å². The lowest BCUT2D eigenvalue weighted by molar-refractivity contribution is 0.601. The van der Waals surface area contributed by atoms with Crippen LogP contribution in [0.3, 0.4) is 0 Å². The van der Waals surface area contributed by atoms with Crippen LogP contribution < -0.4 is 5.32 Å². The van der Waals surface area contributed by atoms with Gasteiger partial charge in [-0.3, -0.25) is 0 Å². The van der Waals surface area contributed by atoms with Gasteiger partial charge in [-0.1, -0.05) is 6.07 Å². The second-order valence-electron chi connectivity index (χ2n) is 4.15. The first-order valence-electron chi connectivity index (χ1n) is 5.19. The summed E-state index contributed by atoms with van der Waals surface area (Å²) >= 11 is 3.33. The van der Waals surface area contributed by atoms with Crippen molar-refractivity contribution >= 4 is 25.8 Å². The fraction of sp³-hybridized carbons (Fsp3) is 0.455. The highest BCUT2D eigenvalue weighted by Gasteiger charge is 2.19. The van der Waals surface area contributed by atoms with Crippen LogP contribution >= 0.6 is 15.9 Å². The van der Waals surface area contributed by atoms with Crippen molar-refractivity contribution in [3.63, 3.8) is 0 Å². The standard InChI is InChI=1S/C11H14BrNO2S/c1-16(14,15)11-3-2-8(6-10(11)12)9-4-5-13-7-9/h2-3,6,9,13H,4-5,7H2,1H3. The maximum Gasteiger partial charge on any atom is 0.176 e. The molecule has 1 atom stereocenters. The largest absolute Gasteiger partial charge is 0.316 e. The molecular weight excluding hydrogens is 290 g/mol. The third-order valence-corrected chi connectivity index (χ3v) is 4.96. The molecule has 1 N–H and O–H groups in total. The molecule has 2 rings (SSSR count). The highest BCUT2D eigenvalue weighted by Crippen LogP contribution is 2.29.